The molecule has 8 aromatic carbocycles. The molecule has 2 heterocycles. The monoisotopic (exact) mass is 1050 g/mol. The summed E-state index contributed by atoms with van der Waals surface area (Å²) in [6.45, 7) is 8.81. The van der Waals surface area contributed by atoms with Crippen LogP contribution in [-0.2, 0) is 26.5 Å². The largest absolute Gasteiger partial charge is 2.00 e. The fourth-order valence-corrected chi connectivity index (χ4v) is 9.22. The minimum absolute atomic E-state index is 0. The average molecular weight is 1050 g/mol. The molecule has 67 heavy (non-hydrogen) atoms. The fourth-order valence-electron chi connectivity index (χ4n) is 9.22. The summed E-state index contributed by atoms with van der Waals surface area (Å²) >= 11 is 0. The SMILES string of the molecule is [2H]C([2H])([2H])c1ccc(-c2ccnc(-c3[c-]c(-c4cccc5c4nc(-c4cc(C)cc(C)c4O[CH2-])n5-c4cc(-c5ccccc5)c(C(C)(C)C)cc4-c4ccccc4)cc(-c4ccccc4)c3)c2)cc1.[Pt+2]. The first-order valence-electron chi connectivity index (χ1n) is 23.8. The predicted molar refractivity (Wildman–Crippen MR) is 275 cm³/mol. The van der Waals surface area contributed by atoms with Crippen molar-refractivity contribution in [2.75, 3.05) is 0 Å². The van der Waals surface area contributed by atoms with Crippen LogP contribution >= 0.6 is 0 Å². The predicted octanol–water partition coefficient (Wildman–Crippen LogP) is 16.3. The molecule has 10 rings (SSSR count). The van der Waals surface area contributed by atoms with Gasteiger partial charge in [0.2, 0.25) is 0 Å². The summed E-state index contributed by atoms with van der Waals surface area (Å²) in [5.74, 6) is 1.38. The molecule has 0 N–H and O–H groups in total. The first-order valence-corrected chi connectivity index (χ1v) is 22.3. The Bertz CT molecular complexity index is 3510. The number of para-hydroxylation sites is 1. The van der Waals surface area contributed by atoms with Crippen molar-refractivity contribution in [3.05, 3.63) is 224 Å². The molecule has 2 aromatic heterocycles. The molecule has 0 aliphatic rings. The van der Waals surface area contributed by atoms with E-state index in [0.717, 1.165) is 106 Å². The van der Waals surface area contributed by atoms with Gasteiger partial charge in [0, 0.05) is 21.6 Å². The Balaban J connectivity index is 0.00000608. The van der Waals surface area contributed by atoms with Gasteiger partial charge in [0.1, 0.15) is 5.82 Å². The van der Waals surface area contributed by atoms with E-state index in [1.165, 1.54) is 5.56 Å². The first-order chi connectivity index (χ1) is 33.2. The summed E-state index contributed by atoms with van der Waals surface area (Å²) in [6, 6.07) is 66.1. The Morgan fingerprint density at radius 1 is 0.567 bits per heavy atom. The van der Waals surface area contributed by atoms with Gasteiger partial charge in [0.25, 0.3) is 0 Å². The number of aromatic nitrogens is 3. The van der Waals surface area contributed by atoms with Crippen LogP contribution in [0.1, 0.15) is 47.1 Å². The average Bonchev–Trinajstić information content (AvgIpc) is 3.76. The number of fused-ring (bicyclic) bond motifs is 1. The maximum absolute atomic E-state index is 7.88. The topological polar surface area (TPSA) is 39.9 Å². The summed E-state index contributed by atoms with van der Waals surface area (Å²) < 4.78 is 32.0. The number of hydrogen-bond donors (Lipinski definition) is 0. The number of hydrogen-bond acceptors (Lipinski definition) is 3. The molecule has 4 nitrogen and oxygen atoms in total. The van der Waals surface area contributed by atoms with Gasteiger partial charge in [-0.05, 0) is 107 Å². The molecule has 10 aromatic rings. The normalized spacial score (nSPS) is 12.2. The van der Waals surface area contributed by atoms with Gasteiger partial charge >= 0.3 is 21.1 Å². The molecule has 0 unspecified atom stereocenters. The van der Waals surface area contributed by atoms with Crippen molar-refractivity contribution in [3.63, 3.8) is 0 Å². The zero-order valence-corrected chi connectivity index (χ0v) is 40.4. The molecule has 0 atom stereocenters. The summed E-state index contributed by atoms with van der Waals surface area (Å²) in [4.78, 5) is 10.6. The Morgan fingerprint density at radius 3 is 1.87 bits per heavy atom. The van der Waals surface area contributed by atoms with E-state index >= 15 is 0 Å². The third-order valence-corrected chi connectivity index (χ3v) is 12.4. The van der Waals surface area contributed by atoms with Crippen LogP contribution in [0, 0.1) is 33.9 Å². The number of pyridine rings is 1. The molecule has 0 saturated heterocycles. The minimum Gasteiger partial charge on any atom is -0.665 e. The molecule has 0 aliphatic heterocycles. The number of aryl methyl sites for hydroxylation is 3. The van der Waals surface area contributed by atoms with Crippen LogP contribution in [0.3, 0.4) is 0 Å². The third-order valence-electron chi connectivity index (χ3n) is 12.4. The molecule has 0 radical (unpaired) electrons. The van der Waals surface area contributed by atoms with Crippen molar-refractivity contribution in [2.45, 2.75) is 46.9 Å². The number of ether oxygens (including phenoxy) is 1. The van der Waals surface area contributed by atoms with Gasteiger partial charge in [0.05, 0.1) is 28.0 Å². The number of rotatable bonds is 9. The Morgan fingerprint density at radius 2 is 1.21 bits per heavy atom. The Hall–Kier alpha value is -7.13. The van der Waals surface area contributed by atoms with Gasteiger partial charge in [-0.1, -0.05) is 183 Å². The summed E-state index contributed by atoms with van der Waals surface area (Å²) in [5.41, 5.74) is 18.5. The smallest absolute Gasteiger partial charge is 0.665 e. The molecule has 0 spiro atoms. The van der Waals surface area contributed by atoms with Crippen LogP contribution < -0.4 is 4.74 Å². The van der Waals surface area contributed by atoms with Crippen LogP contribution in [0.4, 0.5) is 0 Å². The van der Waals surface area contributed by atoms with Crippen molar-refractivity contribution in [3.8, 4) is 89.7 Å². The number of imidazole rings is 1. The summed E-state index contributed by atoms with van der Waals surface area (Å²) in [7, 11) is 3.96. The van der Waals surface area contributed by atoms with Crippen molar-refractivity contribution < 1.29 is 29.9 Å². The van der Waals surface area contributed by atoms with Crippen LogP contribution in [-0.4, -0.2) is 14.5 Å². The zero-order chi connectivity index (χ0) is 48.0. The van der Waals surface area contributed by atoms with Crippen molar-refractivity contribution in [2.24, 2.45) is 0 Å². The van der Waals surface area contributed by atoms with Gasteiger partial charge < -0.3 is 4.74 Å². The van der Waals surface area contributed by atoms with E-state index < -0.39 is 6.85 Å². The molecule has 0 fully saturated rings. The maximum atomic E-state index is 7.88. The van der Waals surface area contributed by atoms with Gasteiger partial charge in [0.15, 0.2) is 0 Å². The van der Waals surface area contributed by atoms with Gasteiger partial charge in [-0.3, -0.25) is 9.55 Å². The first kappa shape index (κ1) is 41.3. The van der Waals surface area contributed by atoms with E-state index in [0.29, 0.717) is 11.3 Å². The fraction of sp³-hybridized carbons (Fsp3) is 0.113. The molecule has 0 bridgehead atoms. The van der Waals surface area contributed by atoms with Crippen LogP contribution in [0.2, 0.25) is 0 Å². The van der Waals surface area contributed by atoms with E-state index in [9.17, 15) is 0 Å². The minimum atomic E-state index is -2.18. The van der Waals surface area contributed by atoms with E-state index in [1.54, 1.807) is 18.3 Å². The second-order valence-corrected chi connectivity index (χ2v) is 18.0. The van der Waals surface area contributed by atoms with Crippen LogP contribution in [0.5, 0.6) is 5.75 Å². The van der Waals surface area contributed by atoms with Gasteiger partial charge in [-0.2, -0.15) is 7.11 Å². The molecular weight excluding hydrogens is 998 g/mol. The van der Waals surface area contributed by atoms with Crippen molar-refractivity contribution in [1.29, 1.82) is 0 Å². The molecule has 0 aliphatic carbocycles. The molecule has 0 amide bonds. The van der Waals surface area contributed by atoms with Crippen LogP contribution in [0.15, 0.2) is 188 Å². The van der Waals surface area contributed by atoms with E-state index in [2.05, 4.69) is 180 Å². The molecular formula is C62H51N3OPt. The van der Waals surface area contributed by atoms with Crippen molar-refractivity contribution >= 4 is 11.0 Å². The molecule has 0 saturated carbocycles. The number of benzene rings is 8. The number of nitrogens with zero attached hydrogens (tertiary/aromatic N) is 3. The molecule has 330 valence electrons. The van der Waals surface area contributed by atoms with Gasteiger partial charge in [-0.25, -0.2) is 4.98 Å². The van der Waals surface area contributed by atoms with Crippen LogP contribution in [0.25, 0.3) is 95.0 Å². The summed E-state index contributed by atoms with van der Waals surface area (Å²) in [6.07, 6.45) is 1.80. The van der Waals surface area contributed by atoms with E-state index in [1.807, 2.05) is 42.5 Å². The molecule has 5 heteroatoms. The Kier molecular flexibility index (Phi) is 11.5. The van der Waals surface area contributed by atoms with E-state index in [4.69, 9.17) is 18.8 Å². The summed E-state index contributed by atoms with van der Waals surface area (Å²) in [5, 5.41) is 0. The quantitative estimate of drug-likeness (QED) is 0.135. The second-order valence-electron chi connectivity index (χ2n) is 18.0. The maximum Gasteiger partial charge on any atom is 2.00 e. The Labute approximate surface area is 413 Å². The second kappa shape index (κ2) is 18.6. The van der Waals surface area contributed by atoms with Crippen molar-refractivity contribution in [1.82, 2.24) is 14.5 Å². The zero-order valence-electron chi connectivity index (χ0n) is 41.2. The van der Waals surface area contributed by atoms with Gasteiger partial charge in [-0.15, -0.1) is 23.8 Å². The third kappa shape index (κ3) is 8.83. The van der Waals surface area contributed by atoms with E-state index in [-0.39, 0.29) is 26.5 Å². The standard InChI is InChI=1S/C62H51N3O.Pt/c1-40-26-28-44(29-27-40)47-30-31-63-56(37-47)50-35-48(43-18-11-8-12-19-43)34-49(36-50)51-24-17-25-57-59(51)64-61(54-33-41(2)32-42(3)60(54)66-7)65(57)58-39-52(45-20-13-9-14-21-45)55(62(4,5)6)38-53(58)46-22-15-10-16-23-46;/h8-35,37-39H,7H2,1-6H3;/q-2;+2/i1D3;.